The van der Waals surface area contributed by atoms with Gasteiger partial charge in [-0.2, -0.15) is 0 Å². The number of fused-ring (bicyclic) bond motifs is 1. The van der Waals surface area contributed by atoms with Gasteiger partial charge in [-0.15, -0.1) is 0 Å². The third-order valence-electron chi connectivity index (χ3n) is 3.35. The number of hydrogen-bond acceptors (Lipinski definition) is 4. The van der Waals surface area contributed by atoms with Crippen molar-refractivity contribution >= 4 is 10.9 Å². The van der Waals surface area contributed by atoms with Crippen LogP contribution in [-0.2, 0) is 0 Å². The number of benzene rings is 1. The number of pyridine rings is 1. The first-order valence-electron chi connectivity index (χ1n) is 6.38. The highest BCUT2D eigenvalue weighted by molar-refractivity contribution is 5.75. The monoisotopic (exact) mass is 285 g/mol. The Morgan fingerprint density at radius 3 is 2.71 bits per heavy atom. The van der Waals surface area contributed by atoms with Crippen molar-refractivity contribution in [2.24, 2.45) is 0 Å². The van der Waals surface area contributed by atoms with E-state index in [0.717, 1.165) is 0 Å². The molecule has 0 aliphatic carbocycles. The van der Waals surface area contributed by atoms with Gasteiger partial charge in [-0.3, -0.25) is 14.3 Å². The molecule has 0 spiro atoms. The van der Waals surface area contributed by atoms with Crippen LogP contribution in [0.2, 0.25) is 0 Å². The number of hydrogen-bond donors (Lipinski definition) is 1. The molecule has 106 valence electrons. The van der Waals surface area contributed by atoms with Gasteiger partial charge in [0, 0.05) is 12.4 Å². The minimum absolute atomic E-state index is 0.293. The van der Waals surface area contributed by atoms with Crippen molar-refractivity contribution in [3.63, 3.8) is 0 Å². The second kappa shape index (κ2) is 5.41. The second-order valence-electron chi connectivity index (χ2n) is 4.60. The lowest BCUT2D eigenvalue weighted by Crippen LogP contribution is -2.28. The molecule has 0 saturated heterocycles. The standard InChI is InChI=1S/C15H12FN3O2/c16-11-3-1-10(2-4-11)14(8-20)19-9-18-13-5-6-17-7-12(13)15(19)21/h1-7,9,14,20H,8H2. The van der Waals surface area contributed by atoms with E-state index in [1.54, 1.807) is 12.3 Å². The maximum absolute atomic E-state index is 13.0. The fourth-order valence-corrected chi connectivity index (χ4v) is 2.24. The number of aromatic nitrogens is 3. The van der Waals surface area contributed by atoms with E-state index < -0.39 is 6.04 Å². The summed E-state index contributed by atoms with van der Waals surface area (Å²) in [5.41, 5.74) is 0.879. The molecule has 0 radical (unpaired) electrons. The molecule has 5 nitrogen and oxygen atoms in total. The Hall–Kier alpha value is -2.60. The highest BCUT2D eigenvalue weighted by atomic mass is 19.1. The summed E-state index contributed by atoms with van der Waals surface area (Å²) in [4.78, 5) is 20.6. The van der Waals surface area contributed by atoms with E-state index >= 15 is 0 Å². The normalized spacial score (nSPS) is 12.5. The lowest BCUT2D eigenvalue weighted by Gasteiger charge is -2.17. The minimum atomic E-state index is -0.616. The van der Waals surface area contributed by atoms with Gasteiger partial charge in [0.15, 0.2) is 0 Å². The summed E-state index contributed by atoms with van der Waals surface area (Å²) in [6, 6.07) is 6.69. The molecule has 6 heteroatoms. The fourth-order valence-electron chi connectivity index (χ4n) is 2.24. The van der Waals surface area contributed by atoms with Gasteiger partial charge in [-0.1, -0.05) is 12.1 Å². The molecule has 0 bridgehead atoms. The van der Waals surface area contributed by atoms with E-state index in [4.69, 9.17) is 0 Å². The van der Waals surface area contributed by atoms with Crippen LogP contribution < -0.4 is 5.56 Å². The maximum Gasteiger partial charge on any atom is 0.263 e. The van der Waals surface area contributed by atoms with E-state index in [9.17, 15) is 14.3 Å². The van der Waals surface area contributed by atoms with Crippen LogP contribution in [0.1, 0.15) is 11.6 Å². The van der Waals surface area contributed by atoms with E-state index in [1.165, 1.54) is 41.4 Å². The number of aliphatic hydroxyl groups is 1. The number of nitrogens with zero attached hydrogens (tertiary/aromatic N) is 3. The molecule has 0 aliphatic rings. The summed E-state index contributed by atoms with van der Waals surface area (Å²) in [6.07, 6.45) is 4.39. The third kappa shape index (κ3) is 2.41. The Labute approximate surface area is 119 Å². The Morgan fingerprint density at radius 1 is 1.24 bits per heavy atom. The molecule has 1 aromatic carbocycles. The smallest absolute Gasteiger partial charge is 0.263 e. The Balaban J connectivity index is 2.15. The van der Waals surface area contributed by atoms with Crippen molar-refractivity contribution in [1.29, 1.82) is 0 Å². The fraction of sp³-hybridized carbons (Fsp3) is 0.133. The first-order valence-corrected chi connectivity index (χ1v) is 6.38. The van der Waals surface area contributed by atoms with Gasteiger partial charge < -0.3 is 5.11 Å². The third-order valence-corrected chi connectivity index (χ3v) is 3.35. The van der Waals surface area contributed by atoms with Crippen molar-refractivity contribution in [3.05, 3.63) is 70.8 Å². The highest BCUT2D eigenvalue weighted by Crippen LogP contribution is 2.17. The van der Waals surface area contributed by atoms with Crippen LogP contribution in [0.15, 0.2) is 53.8 Å². The predicted molar refractivity (Wildman–Crippen MR) is 75.4 cm³/mol. The van der Waals surface area contributed by atoms with Gasteiger partial charge >= 0.3 is 0 Å². The van der Waals surface area contributed by atoms with E-state index in [2.05, 4.69) is 9.97 Å². The van der Waals surface area contributed by atoms with Crippen LogP contribution in [0.3, 0.4) is 0 Å². The number of aliphatic hydroxyl groups excluding tert-OH is 1. The molecule has 0 aliphatic heterocycles. The van der Waals surface area contributed by atoms with Crippen molar-refractivity contribution in [1.82, 2.24) is 14.5 Å². The first-order chi connectivity index (χ1) is 10.2. The first kappa shape index (κ1) is 13.4. The second-order valence-corrected chi connectivity index (χ2v) is 4.60. The maximum atomic E-state index is 13.0. The lowest BCUT2D eigenvalue weighted by atomic mass is 10.1. The van der Waals surface area contributed by atoms with E-state index in [0.29, 0.717) is 16.5 Å². The topological polar surface area (TPSA) is 68.0 Å². The molecule has 3 rings (SSSR count). The molecular weight excluding hydrogens is 273 g/mol. The van der Waals surface area contributed by atoms with Crippen molar-refractivity contribution < 1.29 is 9.50 Å². The van der Waals surface area contributed by atoms with Gasteiger partial charge in [-0.25, -0.2) is 9.37 Å². The van der Waals surface area contributed by atoms with Gasteiger partial charge in [-0.05, 0) is 23.8 Å². The average molecular weight is 285 g/mol. The van der Waals surface area contributed by atoms with Crippen LogP contribution in [0.4, 0.5) is 4.39 Å². The molecule has 1 unspecified atom stereocenters. The molecular formula is C15H12FN3O2. The number of halogens is 1. The van der Waals surface area contributed by atoms with E-state index in [1.807, 2.05) is 0 Å². The molecule has 0 saturated carbocycles. The Morgan fingerprint density at radius 2 is 2.00 bits per heavy atom. The zero-order chi connectivity index (χ0) is 14.8. The van der Waals surface area contributed by atoms with Crippen LogP contribution in [0.5, 0.6) is 0 Å². The van der Waals surface area contributed by atoms with Crippen molar-refractivity contribution in [2.75, 3.05) is 6.61 Å². The van der Waals surface area contributed by atoms with Crippen LogP contribution in [0.25, 0.3) is 10.9 Å². The van der Waals surface area contributed by atoms with Gasteiger partial charge in [0.1, 0.15) is 5.82 Å². The van der Waals surface area contributed by atoms with Gasteiger partial charge in [0.25, 0.3) is 5.56 Å². The van der Waals surface area contributed by atoms with Gasteiger partial charge in [0.2, 0.25) is 0 Å². The molecule has 0 amide bonds. The molecule has 1 atom stereocenters. The summed E-state index contributed by atoms with van der Waals surface area (Å²) < 4.78 is 14.3. The van der Waals surface area contributed by atoms with Gasteiger partial charge in [0.05, 0.1) is 29.9 Å². The highest BCUT2D eigenvalue weighted by Gasteiger charge is 2.16. The zero-order valence-corrected chi connectivity index (χ0v) is 11.0. The molecule has 1 N–H and O–H groups in total. The molecule has 3 aromatic rings. The average Bonchev–Trinajstić information content (AvgIpc) is 2.52. The van der Waals surface area contributed by atoms with Crippen LogP contribution in [-0.4, -0.2) is 26.2 Å². The van der Waals surface area contributed by atoms with Crippen LogP contribution >= 0.6 is 0 Å². The summed E-state index contributed by atoms with van der Waals surface area (Å²) >= 11 is 0. The Bertz CT molecular complexity index is 830. The summed E-state index contributed by atoms with van der Waals surface area (Å²) in [6.45, 7) is -0.293. The van der Waals surface area contributed by atoms with Crippen molar-refractivity contribution in [2.45, 2.75) is 6.04 Å². The van der Waals surface area contributed by atoms with Crippen molar-refractivity contribution in [3.8, 4) is 0 Å². The molecule has 2 aromatic heterocycles. The molecule has 2 heterocycles. The quantitative estimate of drug-likeness (QED) is 0.792. The summed E-state index contributed by atoms with van der Waals surface area (Å²) in [7, 11) is 0. The number of rotatable bonds is 3. The van der Waals surface area contributed by atoms with Crippen LogP contribution in [0, 0.1) is 5.82 Å². The molecule has 0 fully saturated rings. The SMILES string of the molecule is O=c1c2cnccc2ncn1C(CO)c1ccc(F)cc1. The lowest BCUT2D eigenvalue weighted by molar-refractivity contribution is 0.246. The van der Waals surface area contributed by atoms with E-state index in [-0.39, 0.29) is 18.0 Å². The minimum Gasteiger partial charge on any atom is -0.394 e. The zero-order valence-electron chi connectivity index (χ0n) is 11.0. The summed E-state index contributed by atoms with van der Waals surface area (Å²) in [5, 5.41) is 9.98. The predicted octanol–water partition coefficient (Wildman–Crippen LogP) is 1.51. The molecule has 21 heavy (non-hydrogen) atoms. The largest absolute Gasteiger partial charge is 0.394 e. The summed E-state index contributed by atoms with van der Waals surface area (Å²) in [5.74, 6) is -0.372. The Kier molecular flexibility index (Phi) is 3.45.